The van der Waals surface area contributed by atoms with Gasteiger partial charge >= 0.3 is 0 Å². The molecule has 22 heavy (non-hydrogen) atoms. The van der Waals surface area contributed by atoms with Gasteiger partial charge in [-0.25, -0.2) is 0 Å². The molecule has 0 saturated carbocycles. The highest BCUT2D eigenvalue weighted by molar-refractivity contribution is 7.70. The lowest BCUT2D eigenvalue weighted by molar-refractivity contribution is 0.588. The van der Waals surface area contributed by atoms with Crippen LogP contribution in [0.5, 0.6) is 0 Å². The summed E-state index contributed by atoms with van der Waals surface area (Å²) in [7, 11) is 0.820. The van der Waals surface area contributed by atoms with Crippen molar-refractivity contribution in [2.45, 2.75) is 20.8 Å². The Kier molecular flexibility index (Phi) is 13.1. The fourth-order valence-electron chi connectivity index (χ4n) is 1.54. The van der Waals surface area contributed by atoms with Crippen molar-refractivity contribution in [3.05, 3.63) is 35.4 Å². The second-order valence-electron chi connectivity index (χ2n) is 4.20. The van der Waals surface area contributed by atoms with Gasteiger partial charge in [-0.05, 0) is 39.4 Å². The normalized spacial score (nSPS) is 11.7. The second-order valence-corrected chi connectivity index (χ2v) is 7.79. The van der Waals surface area contributed by atoms with Crippen molar-refractivity contribution in [1.29, 1.82) is 0 Å². The van der Waals surface area contributed by atoms with E-state index in [-0.39, 0.29) is 0 Å². The van der Waals surface area contributed by atoms with Crippen LogP contribution in [0.15, 0.2) is 40.4 Å². The molecule has 6 heteroatoms. The van der Waals surface area contributed by atoms with Gasteiger partial charge in [0.25, 0.3) is 0 Å². The van der Waals surface area contributed by atoms with E-state index in [1.807, 2.05) is 45.0 Å². The van der Waals surface area contributed by atoms with Crippen molar-refractivity contribution in [3.63, 3.8) is 0 Å². The lowest BCUT2D eigenvalue weighted by Crippen LogP contribution is -2.18. The molecule has 1 rings (SSSR count). The Bertz CT molecular complexity index is 536. The zero-order valence-corrected chi connectivity index (χ0v) is 16.3. The summed E-state index contributed by atoms with van der Waals surface area (Å²) in [5, 5.41) is 4.47. The van der Waals surface area contributed by atoms with Crippen LogP contribution in [0.2, 0.25) is 0 Å². The van der Waals surface area contributed by atoms with E-state index in [2.05, 4.69) is 16.0 Å². The van der Waals surface area contributed by atoms with E-state index in [1.165, 1.54) is 7.05 Å². The van der Waals surface area contributed by atoms with Crippen molar-refractivity contribution in [2.24, 2.45) is 10.7 Å². The number of nitrogens with one attached hydrogen (secondary N) is 1. The van der Waals surface area contributed by atoms with Crippen molar-refractivity contribution in [3.8, 4) is 0 Å². The van der Waals surface area contributed by atoms with Crippen molar-refractivity contribution >= 4 is 35.6 Å². The van der Waals surface area contributed by atoms with Crippen LogP contribution in [0.4, 0.5) is 5.69 Å². The molecule has 0 aliphatic heterocycles. The van der Waals surface area contributed by atoms with Crippen LogP contribution < -0.4 is 16.4 Å². The zero-order valence-electron chi connectivity index (χ0n) is 14.6. The van der Waals surface area contributed by atoms with Crippen molar-refractivity contribution in [2.75, 3.05) is 32.7 Å². The lowest BCUT2D eigenvalue weighted by Gasteiger charge is -2.15. The van der Waals surface area contributed by atoms with E-state index >= 15 is 0 Å². The smallest absolute Gasteiger partial charge is 0.143 e. The number of para-hydroxylation sites is 1. The molecule has 3 N–H and O–H groups in total. The molecule has 0 atom stereocenters. The Morgan fingerprint density at radius 1 is 1.27 bits per heavy atom. The predicted molar refractivity (Wildman–Crippen MR) is 104 cm³/mol. The van der Waals surface area contributed by atoms with Gasteiger partial charge in [-0.15, -0.1) is 0 Å². The number of aliphatic imine (C=N–C) groups is 1. The summed E-state index contributed by atoms with van der Waals surface area (Å²) >= 11 is 6.05. The highest BCUT2D eigenvalue weighted by atomic mass is 35.5. The molecule has 0 spiro atoms. The van der Waals surface area contributed by atoms with Gasteiger partial charge in [0.05, 0.1) is 10.7 Å². The summed E-state index contributed by atoms with van der Waals surface area (Å²) in [6, 6.07) is 7.50. The quantitative estimate of drug-likeness (QED) is 0.492. The molecular weight excluding hydrogens is 317 g/mol. The zero-order chi connectivity index (χ0) is 17.8. The SMILES string of the molecule is C/C=C(/Cl)C(=NC)Nc1ccccc1P(C)(C)=O.CC.CN. The largest absolute Gasteiger partial charge is 0.339 e. The van der Waals surface area contributed by atoms with Crippen LogP contribution >= 0.6 is 18.7 Å². The molecule has 0 saturated heterocycles. The van der Waals surface area contributed by atoms with Crippen LogP contribution in [0, 0.1) is 0 Å². The van der Waals surface area contributed by atoms with Crippen LogP contribution in [0.25, 0.3) is 0 Å². The standard InChI is InChI=1S/C13H18ClN2OP.C2H6.CH5N/c1-5-10(14)13(15-2)16-11-8-6-7-9-12(11)18(3,4)17;2*1-2/h5-9H,1-4H3,(H,15,16);1-2H3;2H2,1H3/b10-5+;;. The minimum Gasteiger partial charge on any atom is -0.339 e. The Hall–Kier alpha value is -1.09. The van der Waals surface area contributed by atoms with E-state index in [1.54, 1.807) is 26.5 Å². The van der Waals surface area contributed by atoms with Gasteiger partial charge in [0.15, 0.2) is 0 Å². The molecule has 0 aromatic heterocycles. The number of rotatable bonds is 3. The fourth-order valence-corrected chi connectivity index (χ4v) is 2.82. The predicted octanol–water partition coefficient (Wildman–Crippen LogP) is 4.12. The average molecular weight is 346 g/mol. The molecule has 1 aromatic carbocycles. The molecule has 0 aliphatic carbocycles. The Labute approximate surface area is 140 Å². The Morgan fingerprint density at radius 3 is 2.18 bits per heavy atom. The van der Waals surface area contributed by atoms with Gasteiger partial charge in [0.2, 0.25) is 0 Å². The topological polar surface area (TPSA) is 67.5 Å². The third-order valence-electron chi connectivity index (χ3n) is 2.44. The van der Waals surface area contributed by atoms with Gasteiger partial charge in [-0.1, -0.05) is 43.7 Å². The Morgan fingerprint density at radius 2 is 1.77 bits per heavy atom. The molecule has 0 bridgehead atoms. The average Bonchev–Trinajstić information content (AvgIpc) is 2.55. The van der Waals surface area contributed by atoms with E-state index in [0.29, 0.717) is 10.9 Å². The first kappa shape index (κ1) is 23.2. The number of anilines is 1. The second kappa shape index (κ2) is 12.5. The Balaban J connectivity index is 0. The molecule has 0 fully saturated rings. The third kappa shape index (κ3) is 7.79. The summed E-state index contributed by atoms with van der Waals surface area (Å²) in [6.07, 6.45) is 1.76. The van der Waals surface area contributed by atoms with Gasteiger partial charge in [-0.3, -0.25) is 4.99 Å². The number of nitrogens with zero attached hydrogens (tertiary/aromatic N) is 1. The maximum Gasteiger partial charge on any atom is 0.143 e. The van der Waals surface area contributed by atoms with E-state index in [0.717, 1.165) is 11.0 Å². The van der Waals surface area contributed by atoms with Crippen LogP contribution in [0.3, 0.4) is 0 Å². The molecule has 4 nitrogen and oxygen atoms in total. The summed E-state index contributed by atoms with van der Waals surface area (Å²) in [6.45, 7) is 9.33. The third-order valence-corrected chi connectivity index (χ3v) is 4.39. The van der Waals surface area contributed by atoms with Gasteiger partial charge in [0, 0.05) is 12.4 Å². The number of hydrogen-bond acceptors (Lipinski definition) is 3. The van der Waals surface area contributed by atoms with Gasteiger partial charge in [0.1, 0.15) is 13.0 Å². The maximum absolute atomic E-state index is 12.2. The number of hydrogen-bond donors (Lipinski definition) is 2. The van der Waals surface area contributed by atoms with E-state index in [9.17, 15) is 4.57 Å². The summed E-state index contributed by atoms with van der Waals surface area (Å²) in [5.41, 5.74) is 5.28. The molecule has 126 valence electrons. The first-order valence-electron chi connectivity index (χ1n) is 7.18. The van der Waals surface area contributed by atoms with Crippen LogP contribution in [-0.4, -0.2) is 33.3 Å². The molecule has 0 heterocycles. The van der Waals surface area contributed by atoms with Crippen LogP contribution in [-0.2, 0) is 4.57 Å². The van der Waals surface area contributed by atoms with Gasteiger partial charge < -0.3 is 15.6 Å². The van der Waals surface area contributed by atoms with Crippen molar-refractivity contribution < 1.29 is 4.57 Å². The summed E-state index contributed by atoms with van der Waals surface area (Å²) in [5.74, 6) is 0.570. The number of amidine groups is 1. The minimum atomic E-state index is -2.34. The number of nitrogens with two attached hydrogens (primary N) is 1. The molecule has 0 unspecified atom stereocenters. The molecule has 0 radical (unpaired) electrons. The van der Waals surface area contributed by atoms with E-state index in [4.69, 9.17) is 11.6 Å². The first-order valence-corrected chi connectivity index (χ1v) is 10.2. The highest BCUT2D eigenvalue weighted by Gasteiger charge is 2.16. The monoisotopic (exact) mass is 345 g/mol. The maximum atomic E-state index is 12.2. The molecule has 0 aliphatic rings. The summed E-state index contributed by atoms with van der Waals surface area (Å²) in [4.78, 5) is 4.09. The van der Waals surface area contributed by atoms with E-state index < -0.39 is 7.14 Å². The lowest BCUT2D eigenvalue weighted by atomic mass is 10.3. The first-order chi connectivity index (χ1) is 10.4. The molecule has 0 amide bonds. The number of halogens is 1. The molecule has 1 aromatic rings. The number of allylic oxidation sites excluding steroid dienone is 1. The van der Waals surface area contributed by atoms with Crippen molar-refractivity contribution in [1.82, 2.24) is 0 Å². The molecular formula is C16H29ClN3OP. The van der Waals surface area contributed by atoms with Gasteiger partial charge in [-0.2, -0.15) is 0 Å². The summed E-state index contributed by atoms with van der Waals surface area (Å²) < 4.78 is 12.2. The highest BCUT2D eigenvalue weighted by Crippen LogP contribution is 2.37. The number of benzene rings is 1. The van der Waals surface area contributed by atoms with Crippen LogP contribution in [0.1, 0.15) is 20.8 Å². The fraction of sp³-hybridized carbons (Fsp3) is 0.438. The minimum absolute atomic E-state index is 0.536.